The quantitative estimate of drug-likeness (QED) is 0.945. The molecule has 1 fully saturated rings. The minimum absolute atomic E-state index is 0.106. The number of benzene rings is 2. The molecule has 1 saturated heterocycles. The second-order valence-corrected chi connectivity index (χ2v) is 5.60. The number of fused-ring (bicyclic) bond motifs is 3. The van der Waals surface area contributed by atoms with Crippen LogP contribution in [0.2, 0.25) is 0 Å². The van der Waals surface area contributed by atoms with Crippen molar-refractivity contribution in [2.75, 3.05) is 19.7 Å². The highest BCUT2D eigenvalue weighted by atomic mass is 16.5. The fourth-order valence-corrected chi connectivity index (χ4v) is 3.61. The van der Waals surface area contributed by atoms with Gasteiger partial charge in [0.15, 0.2) is 0 Å². The molecule has 1 unspecified atom stereocenters. The lowest BCUT2D eigenvalue weighted by Crippen LogP contribution is -2.46. The minimum atomic E-state index is -0.529. The van der Waals surface area contributed by atoms with Crippen LogP contribution in [0.15, 0.2) is 48.5 Å². The van der Waals surface area contributed by atoms with E-state index in [2.05, 4.69) is 5.32 Å². The van der Waals surface area contributed by atoms with Crippen LogP contribution in [0.25, 0.3) is 0 Å². The summed E-state index contributed by atoms with van der Waals surface area (Å²) in [5, 5.41) is 3.55. The van der Waals surface area contributed by atoms with E-state index in [0.717, 1.165) is 35.5 Å². The average Bonchev–Trinajstić information content (AvgIpc) is 3.09. The van der Waals surface area contributed by atoms with Gasteiger partial charge >= 0.3 is 0 Å². The Hall–Kier alpha value is -2.33. The van der Waals surface area contributed by atoms with Crippen molar-refractivity contribution in [3.05, 3.63) is 65.2 Å². The first-order valence-corrected chi connectivity index (χ1v) is 7.67. The molecule has 0 aliphatic carbocycles. The van der Waals surface area contributed by atoms with Crippen LogP contribution in [0.3, 0.4) is 0 Å². The maximum absolute atomic E-state index is 12.7. The maximum atomic E-state index is 12.7. The first-order chi connectivity index (χ1) is 10.8. The van der Waals surface area contributed by atoms with E-state index in [0.29, 0.717) is 6.61 Å². The SMILES string of the molecule is CCOc1ccc(C23NCCN2C(=O)c2ccccc23)cc1. The fourth-order valence-electron chi connectivity index (χ4n) is 3.61. The summed E-state index contributed by atoms with van der Waals surface area (Å²) in [7, 11) is 0. The summed E-state index contributed by atoms with van der Waals surface area (Å²) in [6, 6.07) is 15.9. The van der Waals surface area contributed by atoms with Crippen LogP contribution < -0.4 is 10.1 Å². The molecular weight excluding hydrogens is 276 g/mol. The van der Waals surface area contributed by atoms with Gasteiger partial charge in [0, 0.05) is 24.2 Å². The van der Waals surface area contributed by atoms with Crippen LogP contribution in [0.4, 0.5) is 0 Å². The van der Waals surface area contributed by atoms with Crippen molar-refractivity contribution in [3.63, 3.8) is 0 Å². The Morgan fingerprint density at radius 1 is 1.18 bits per heavy atom. The topological polar surface area (TPSA) is 41.6 Å². The molecule has 1 amide bonds. The lowest BCUT2D eigenvalue weighted by atomic mass is 9.91. The van der Waals surface area contributed by atoms with Gasteiger partial charge in [0.05, 0.1) is 6.61 Å². The molecule has 2 aromatic rings. The number of nitrogens with one attached hydrogen (secondary N) is 1. The molecule has 0 spiro atoms. The molecule has 4 heteroatoms. The van der Waals surface area contributed by atoms with Gasteiger partial charge in [-0.15, -0.1) is 0 Å². The van der Waals surface area contributed by atoms with Gasteiger partial charge in [0.1, 0.15) is 11.4 Å². The largest absolute Gasteiger partial charge is 0.494 e. The second kappa shape index (κ2) is 4.85. The highest BCUT2D eigenvalue weighted by Crippen LogP contribution is 2.44. The first-order valence-electron chi connectivity index (χ1n) is 7.67. The summed E-state index contributed by atoms with van der Waals surface area (Å²) >= 11 is 0. The molecular formula is C18H18N2O2. The highest BCUT2D eigenvalue weighted by Gasteiger charge is 2.53. The molecule has 0 aromatic heterocycles. The van der Waals surface area contributed by atoms with Crippen LogP contribution in [0.1, 0.15) is 28.4 Å². The lowest BCUT2D eigenvalue weighted by molar-refractivity contribution is 0.0694. The third kappa shape index (κ3) is 1.64. The Bertz CT molecular complexity index is 726. The van der Waals surface area contributed by atoms with E-state index < -0.39 is 5.66 Å². The number of hydrogen-bond donors (Lipinski definition) is 1. The smallest absolute Gasteiger partial charge is 0.256 e. The second-order valence-electron chi connectivity index (χ2n) is 5.60. The Morgan fingerprint density at radius 3 is 2.73 bits per heavy atom. The van der Waals surface area contributed by atoms with Gasteiger partial charge in [0.25, 0.3) is 5.91 Å². The third-order valence-corrected chi connectivity index (χ3v) is 4.50. The molecule has 0 saturated carbocycles. The standard InChI is InChI=1S/C18H18N2O2/c1-2-22-14-9-7-13(8-10-14)18-16-6-4-3-5-15(16)17(21)20(18)12-11-19-18/h3-10,19H,2,11-12H2,1H3. The molecule has 4 rings (SSSR count). The van der Waals surface area contributed by atoms with E-state index in [1.807, 2.05) is 60.4 Å². The van der Waals surface area contributed by atoms with Crippen molar-refractivity contribution >= 4 is 5.91 Å². The number of ether oxygens (including phenoxy) is 1. The predicted molar refractivity (Wildman–Crippen MR) is 83.9 cm³/mol. The molecule has 22 heavy (non-hydrogen) atoms. The minimum Gasteiger partial charge on any atom is -0.494 e. The van der Waals surface area contributed by atoms with Crippen molar-refractivity contribution < 1.29 is 9.53 Å². The number of carbonyl (C=O) groups excluding carboxylic acids is 1. The van der Waals surface area contributed by atoms with Crippen LogP contribution in [-0.4, -0.2) is 30.5 Å². The van der Waals surface area contributed by atoms with Crippen molar-refractivity contribution in [1.29, 1.82) is 0 Å². The van der Waals surface area contributed by atoms with E-state index in [1.165, 1.54) is 0 Å². The number of carbonyl (C=O) groups is 1. The normalized spacial score (nSPS) is 22.6. The molecule has 2 heterocycles. The van der Waals surface area contributed by atoms with Gasteiger partial charge in [-0.25, -0.2) is 0 Å². The van der Waals surface area contributed by atoms with Gasteiger partial charge in [-0.3, -0.25) is 10.1 Å². The number of hydrogen-bond acceptors (Lipinski definition) is 3. The molecule has 1 atom stereocenters. The summed E-state index contributed by atoms with van der Waals surface area (Å²) in [4.78, 5) is 14.6. The van der Waals surface area contributed by atoms with E-state index >= 15 is 0 Å². The Morgan fingerprint density at radius 2 is 1.95 bits per heavy atom. The zero-order valence-electron chi connectivity index (χ0n) is 12.5. The van der Waals surface area contributed by atoms with Crippen LogP contribution in [0.5, 0.6) is 5.75 Å². The van der Waals surface area contributed by atoms with Gasteiger partial charge in [-0.05, 0) is 30.7 Å². The van der Waals surface area contributed by atoms with Crippen molar-refractivity contribution in [1.82, 2.24) is 10.2 Å². The average molecular weight is 294 g/mol. The maximum Gasteiger partial charge on any atom is 0.256 e. The number of rotatable bonds is 3. The lowest BCUT2D eigenvalue weighted by Gasteiger charge is -2.33. The van der Waals surface area contributed by atoms with E-state index in [4.69, 9.17) is 4.74 Å². The van der Waals surface area contributed by atoms with Gasteiger partial charge in [-0.2, -0.15) is 0 Å². The van der Waals surface area contributed by atoms with Crippen molar-refractivity contribution in [2.24, 2.45) is 0 Å². The number of amides is 1. The number of nitrogens with zero attached hydrogens (tertiary/aromatic N) is 1. The van der Waals surface area contributed by atoms with Crippen LogP contribution in [0, 0.1) is 0 Å². The molecule has 2 aromatic carbocycles. The highest BCUT2D eigenvalue weighted by molar-refractivity contribution is 6.01. The van der Waals surface area contributed by atoms with Crippen molar-refractivity contribution in [3.8, 4) is 5.75 Å². The fraction of sp³-hybridized carbons (Fsp3) is 0.278. The molecule has 0 radical (unpaired) electrons. The zero-order valence-corrected chi connectivity index (χ0v) is 12.5. The van der Waals surface area contributed by atoms with Crippen LogP contribution >= 0.6 is 0 Å². The monoisotopic (exact) mass is 294 g/mol. The van der Waals surface area contributed by atoms with Crippen molar-refractivity contribution in [2.45, 2.75) is 12.6 Å². The molecule has 2 aliphatic heterocycles. The Labute approximate surface area is 129 Å². The Kier molecular flexibility index (Phi) is 2.94. The molecule has 1 N–H and O–H groups in total. The molecule has 0 bridgehead atoms. The Balaban J connectivity index is 1.86. The third-order valence-electron chi connectivity index (χ3n) is 4.50. The van der Waals surface area contributed by atoms with Crippen LogP contribution in [-0.2, 0) is 5.66 Å². The molecule has 112 valence electrons. The summed E-state index contributed by atoms with van der Waals surface area (Å²) < 4.78 is 5.52. The van der Waals surface area contributed by atoms with Gasteiger partial charge < -0.3 is 9.64 Å². The van der Waals surface area contributed by atoms with E-state index in [1.54, 1.807) is 0 Å². The summed E-state index contributed by atoms with van der Waals surface area (Å²) in [5.74, 6) is 0.958. The van der Waals surface area contributed by atoms with Gasteiger partial charge in [0.2, 0.25) is 0 Å². The molecule has 2 aliphatic rings. The summed E-state index contributed by atoms with van der Waals surface area (Å²) in [6.07, 6.45) is 0. The van der Waals surface area contributed by atoms with E-state index in [9.17, 15) is 4.79 Å². The molecule has 4 nitrogen and oxygen atoms in total. The first kappa shape index (κ1) is 13.3. The van der Waals surface area contributed by atoms with Gasteiger partial charge in [-0.1, -0.05) is 30.3 Å². The summed E-state index contributed by atoms with van der Waals surface area (Å²) in [6.45, 7) is 4.14. The predicted octanol–water partition coefficient (Wildman–Crippen LogP) is 2.35. The van der Waals surface area contributed by atoms with E-state index in [-0.39, 0.29) is 5.91 Å². The zero-order chi connectivity index (χ0) is 15.2. The summed E-state index contributed by atoms with van der Waals surface area (Å²) in [5.41, 5.74) is 2.38.